The Labute approximate surface area is 130 Å². The van der Waals surface area contributed by atoms with E-state index in [-0.39, 0.29) is 29.4 Å². The molecule has 0 aliphatic carbocycles. The largest absolute Gasteiger partial charge is 0.493 e. The van der Waals surface area contributed by atoms with Crippen molar-refractivity contribution in [3.8, 4) is 11.5 Å². The van der Waals surface area contributed by atoms with Crippen LogP contribution in [0.1, 0.15) is 15.9 Å². The van der Waals surface area contributed by atoms with E-state index in [9.17, 15) is 18.0 Å². The van der Waals surface area contributed by atoms with Crippen molar-refractivity contribution in [2.75, 3.05) is 7.11 Å². The number of methoxy groups -OCH3 is 1. The smallest absolute Gasteiger partial charge is 0.387 e. The van der Waals surface area contributed by atoms with Crippen LogP contribution in [0, 0.1) is 5.82 Å². The Bertz CT molecular complexity index is 675. The van der Waals surface area contributed by atoms with Crippen molar-refractivity contribution in [1.29, 1.82) is 0 Å². The highest BCUT2D eigenvalue weighted by atomic mass is 19.3. The molecule has 2 aromatic carbocycles. The van der Waals surface area contributed by atoms with Crippen molar-refractivity contribution >= 4 is 5.91 Å². The van der Waals surface area contributed by atoms with Gasteiger partial charge in [0, 0.05) is 12.1 Å². The summed E-state index contributed by atoms with van der Waals surface area (Å²) in [6.07, 6.45) is 0. The van der Waals surface area contributed by atoms with E-state index < -0.39 is 12.5 Å². The van der Waals surface area contributed by atoms with Gasteiger partial charge in [0.15, 0.2) is 11.5 Å². The van der Waals surface area contributed by atoms with Crippen molar-refractivity contribution in [2.45, 2.75) is 13.2 Å². The summed E-state index contributed by atoms with van der Waals surface area (Å²) in [7, 11) is 1.29. The Morgan fingerprint density at radius 2 is 1.83 bits per heavy atom. The van der Waals surface area contributed by atoms with Gasteiger partial charge in [-0.1, -0.05) is 12.1 Å². The van der Waals surface area contributed by atoms with Crippen LogP contribution in [-0.2, 0) is 6.54 Å². The number of hydrogen-bond donors (Lipinski definition) is 1. The van der Waals surface area contributed by atoms with Gasteiger partial charge in [-0.05, 0) is 35.9 Å². The molecule has 0 aromatic heterocycles. The topological polar surface area (TPSA) is 47.6 Å². The summed E-state index contributed by atoms with van der Waals surface area (Å²) in [6, 6.07) is 9.57. The van der Waals surface area contributed by atoms with Gasteiger partial charge >= 0.3 is 6.61 Å². The van der Waals surface area contributed by atoms with Gasteiger partial charge in [-0.2, -0.15) is 8.78 Å². The SMILES string of the molecule is COc1cc(C(=O)NCc2ccc(F)cc2)ccc1OC(F)F. The average Bonchev–Trinajstić information content (AvgIpc) is 2.54. The molecule has 23 heavy (non-hydrogen) atoms. The molecule has 0 aliphatic heterocycles. The highest BCUT2D eigenvalue weighted by molar-refractivity contribution is 5.94. The predicted octanol–water partition coefficient (Wildman–Crippen LogP) is 3.37. The summed E-state index contributed by atoms with van der Waals surface area (Å²) in [5.74, 6) is -0.909. The minimum absolute atomic E-state index is 0.0275. The summed E-state index contributed by atoms with van der Waals surface area (Å²) < 4.78 is 46.5. The van der Waals surface area contributed by atoms with Crippen LogP contribution in [-0.4, -0.2) is 19.6 Å². The Hall–Kier alpha value is -2.70. The predicted molar refractivity (Wildman–Crippen MR) is 77.2 cm³/mol. The number of carbonyl (C=O) groups excluding carboxylic acids is 1. The normalized spacial score (nSPS) is 10.5. The van der Waals surface area contributed by atoms with Crippen molar-refractivity contribution in [3.05, 3.63) is 59.4 Å². The summed E-state index contributed by atoms with van der Waals surface area (Å²) >= 11 is 0. The molecule has 122 valence electrons. The number of alkyl halides is 2. The monoisotopic (exact) mass is 325 g/mol. The number of ether oxygens (including phenoxy) is 2. The van der Waals surface area contributed by atoms with Crippen molar-refractivity contribution in [3.63, 3.8) is 0 Å². The summed E-state index contributed by atoms with van der Waals surface area (Å²) in [6.45, 7) is -2.78. The Morgan fingerprint density at radius 1 is 1.13 bits per heavy atom. The molecule has 0 radical (unpaired) electrons. The van der Waals surface area contributed by atoms with Gasteiger partial charge in [0.25, 0.3) is 5.91 Å². The zero-order valence-electron chi connectivity index (χ0n) is 12.2. The number of carbonyl (C=O) groups is 1. The van der Waals surface area contributed by atoms with E-state index >= 15 is 0 Å². The Morgan fingerprint density at radius 3 is 2.43 bits per heavy atom. The summed E-state index contributed by atoms with van der Waals surface area (Å²) in [5, 5.41) is 2.64. The van der Waals surface area contributed by atoms with E-state index in [1.807, 2.05) is 0 Å². The fourth-order valence-corrected chi connectivity index (χ4v) is 1.89. The lowest BCUT2D eigenvalue weighted by Crippen LogP contribution is -2.22. The second kappa shape index (κ2) is 7.53. The molecule has 0 heterocycles. The first-order valence-corrected chi connectivity index (χ1v) is 6.65. The number of rotatable bonds is 6. The number of nitrogens with one attached hydrogen (secondary N) is 1. The number of halogens is 3. The molecule has 0 atom stereocenters. The maximum atomic E-state index is 12.8. The van der Waals surface area contributed by atoms with Crippen molar-refractivity contribution in [2.24, 2.45) is 0 Å². The van der Waals surface area contributed by atoms with Crippen LogP contribution in [0.5, 0.6) is 11.5 Å². The molecule has 0 aliphatic rings. The molecule has 2 rings (SSSR count). The minimum Gasteiger partial charge on any atom is -0.493 e. The average molecular weight is 325 g/mol. The maximum absolute atomic E-state index is 12.8. The molecule has 1 N–H and O–H groups in total. The van der Waals surface area contributed by atoms with Crippen LogP contribution < -0.4 is 14.8 Å². The summed E-state index contributed by atoms with van der Waals surface area (Å²) in [4.78, 5) is 12.1. The molecule has 0 saturated carbocycles. The van der Waals surface area contributed by atoms with E-state index in [2.05, 4.69) is 10.1 Å². The third kappa shape index (κ3) is 4.64. The van der Waals surface area contributed by atoms with Gasteiger partial charge in [0.1, 0.15) is 5.82 Å². The van der Waals surface area contributed by atoms with E-state index in [0.29, 0.717) is 0 Å². The van der Waals surface area contributed by atoms with Crippen LogP contribution in [0.4, 0.5) is 13.2 Å². The molecule has 2 aromatic rings. The lowest BCUT2D eigenvalue weighted by Gasteiger charge is -2.11. The molecular formula is C16H14F3NO3. The lowest BCUT2D eigenvalue weighted by molar-refractivity contribution is -0.0512. The fourth-order valence-electron chi connectivity index (χ4n) is 1.89. The molecule has 4 nitrogen and oxygen atoms in total. The highest BCUT2D eigenvalue weighted by Gasteiger charge is 2.14. The first kappa shape index (κ1) is 16.7. The number of amides is 1. The fraction of sp³-hybridized carbons (Fsp3) is 0.188. The van der Waals surface area contributed by atoms with Crippen LogP contribution in [0.15, 0.2) is 42.5 Å². The molecular weight excluding hydrogens is 311 g/mol. The molecule has 1 amide bonds. The van der Waals surface area contributed by atoms with Crippen molar-refractivity contribution in [1.82, 2.24) is 5.32 Å². The van der Waals surface area contributed by atoms with Gasteiger partial charge in [-0.15, -0.1) is 0 Å². The maximum Gasteiger partial charge on any atom is 0.387 e. The molecule has 0 spiro atoms. The minimum atomic E-state index is -2.98. The van der Waals surface area contributed by atoms with E-state index in [4.69, 9.17) is 4.74 Å². The molecule has 0 saturated heterocycles. The van der Waals surface area contributed by atoms with Gasteiger partial charge in [-0.25, -0.2) is 4.39 Å². The second-order valence-corrected chi connectivity index (χ2v) is 4.55. The van der Waals surface area contributed by atoms with E-state index in [1.165, 1.54) is 37.4 Å². The van der Waals surface area contributed by atoms with E-state index in [1.54, 1.807) is 12.1 Å². The van der Waals surface area contributed by atoms with Gasteiger partial charge in [-0.3, -0.25) is 4.79 Å². The van der Waals surface area contributed by atoms with Crippen LogP contribution >= 0.6 is 0 Å². The van der Waals surface area contributed by atoms with Crippen LogP contribution in [0.2, 0.25) is 0 Å². The third-order valence-electron chi connectivity index (χ3n) is 3.01. The van der Waals surface area contributed by atoms with Crippen molar-refractivity contribution < 1.29 is 27.4 Å². The first-order valence-electron chi connectivity index (χ1n) is 6.65. The lowest BCUT2D eigenvalue weighted by atomic mass is 10.1. The molecule has 0 fully saturated rings. The zero-order chi connectivity index (χ0) is 16.8. The van der Waals surface area contributed by atoms with Gasteiger partial charge in [0.2, 0.25) is 0 Å². The van der Waals surface area contributed by atoms with Crippen LogP contribution in [0.3, 0.4) is 0 Å². The van der Waals surface area contributed by atoms with Gasteiger partial charge < -0.3 is 14.8 Å². The zero-order valence-corrected chi connectivity index (χ0v) is 12.2. The number of hydrogen-bond acceptors (Lipinski definition) is 3. The highest BCUT2D eigenvalue weighted by Crippen LogP contribution is 2.29. The summed E-state index contributed by atoms with van der Waals surface area (Å²) in [5.41, 5.74) is 0.954. The van der Waals surface area contributed by atoms with Crippen LogP contribution in [0.25, 0.3) is 0 Å². The first-order chi connectivity index (χ1) is 11.0. The second-order valence-electron chi connectivity index (χ2n) is 4.55. The van der Waals surface area contributed by atoms with E-state index in [0.717, 1.165) is 5.56 Å². The number of benzene rings is 2. The molecule has 7 heteroatoms. The molecule has 0 unspecified atom stereocenters. The van der Waals surface area contributed by atoms with Gasteiger partial charge in [0.05, 0.1) is 7.11 Å². The Balaban J connectivity index is 2.05. The molecule has 0 bridgehead atoms. The quantitative estimate of drug-likeness (QED) is 0.886. The standard InChI is InChI=1S/C16H14F3NO3/c1-22-14-8-11(4-7-13(14)23-16(18)19)15(21)20-9-10-2-5-12(17)6-3-10/h2-8,16H,9H2,1H3,(H,20,21). The third-order valence-corrected chi connectivity index (χ3v) is 3.01. The Kier molecular flexibility index (Phi) is 5.46.